The lowest BCUT2D eigenvalue weighted by Gasteiger charge is -2.19. The van der Waals surface area contributed by atoms with E-state index in [1.807, 2.05) is 12.1 Å². The third-order valence-corrected chi connectivity index (χ3v) is 3.53. The summed E-state index contributed by atoms with van der Waals surface area (Å²) in [5.41, 5.74) is 6.18. The van der Waals surface area contributed by atoms with Crippen LogP contribution >= 0.6 is 0 Å². The Morgan fingerprint density at radius 2 is 2.14 bits per heavy atom. The van der Waals surface area contributed by atoms with E-state index in [0.29, 0.717) is 11.4 Å². The van der Waals surface area contributed by atoms with Crippen molar-refractivity contribution in [2.75, 3.05) is 23.3 Å². The van der Waals surface area contributed by atoms with E-state index >= 15 is 0 Å². The highest BCUT2D eigenvalue weighted by atomic mass is 16.4. The molecule has 1 amide bonds. The molecule has 3 N–H and O–H groups in total. The van der Waals surface area contributed by atoms with Crippen LogP contribution in [0.4, 0.5) is 11.5 Å². The molecule has 0 spiro atoms. The van der Waals surface area contributed by atoms with Gasteiger partial charge in [-0.05, 0) is 37.1 Å². The number of amides is 1. The molecule has 21 heavy (non-hydrogen) atoms. The Kier molecular flexibility index (Phi) is 3.87. The number of rotatable bonds is 4. The first-order valence-electron chi connectivity index (χ1n) is 7.08. The van der Waals surface area contributed by atoms with Crippen molar-refractivity contribution in [2.45, 2.75) is 19.4 Å². The maximum absolute atomic E-state index is 12.2. The van der Waals surface area contributed by atoms with E-state index in [4.69, 9.17) is 10.2 Å². The zero-order chi connectivity index (χ0) is 14.7. The molecule has 0 aliphatic carbocycles. The molecule has 1 aliphatic heterocycles. The second-order valence-corrected chi connectivity index (χ2v) is 4.99. The number of aromatic nitrogens is 1. The van der Waals surface area contributed by atoms with Crippen LogP contribution in [-0.4, -0.2) is 24.0 Å². The van der Waals surface area contributed by atoms with Crippen molar-refractivity contribution >= 4 is 17.4 Å². The van der Waals surface area contributed by atoms with Crippen LogP contribution in [0.3, 0.4) is 0 Å². The first kappa shape index (κ1) is 13.6. The summed E-state index contributed by atoms with van der Waals surface area (Å²) in [7, 11) is 0. The normalized spacial score (nSPS) is 14.4. The first-order valence-corrected chi connectivity index (χ1v) is 7.08. The van der Waals surface area contributed by atoms with E-state index in [-0.39, 0.29) is 18.2 Å². The van der Waals surface area contributed by atoms with E-state index in [0.717, 1.165) is 31.7 Å². The topological polar surface area (TPSA) is 84.4 Å². The number of carbonyl (C=O) groups excluding carboxylic acids is 1. The molecular weight excluding hydrogens is 268 g/mol. The van der Waals surface area contributed by atoms with Crippen LogP contribution in [0.2, 0.25) is 0 Å². The largest absolute Gasteiger partial charge is 0.455 e. The van der Waals surface area contributed by atoms with Gasteiger partial charge in [-0.25, -0.2) is 4.98 Å². The number of nitrogens with two attached hydrogens (primary N) is 1. The summed E-state index contributed by atoms with van der Waals surface area (Å²) in [6.07, 6.45) is 4.05. The number of hydrogen-bond acceptors (Lipinski definition) is 5. The Balaban J connectivity index is 1.79. The molecular formula is C15H18N4O2. The fourth-order valence-electron chi connectivity index (χ4n) is 2.47. The maximum atomic E-state index is 12.2. The van der Waals surface area contributed by atoms with Gasteiger partial charge in [0.25, 0.3) is 5.91 Å². The minimum Gasteiger partial charge on any atom is -0.455 e. The van der Waals surface area contributed by atoms with E-state index in [1.54, 1.807) is 18.3 Å². The predicted octanol–water partition coefficient (Wildman–Crippen LogP) is 1.99. The number of nitrogens with one attached hydrogen (secondary N) is 1. The molecule has 3 rings (SSSR count). The molecule has 0 unspecified atom stereocenters. The van der Waals surface area contributed by atoms with E-state index < -0.39 is 0 Å². The Bertz CT molecular complexity index is 632. The molecule has 0 atom stereocenters. The lowest BCUT2D eigenvalue weighted by molar-refractivity contribution is 0.0995. The highest BCUT2D eigenvalue weighted by Crippen LogP contribution is 2.26. The van der Waals surface area contributed by atoms with Gasteiger partial charge in [0.2, 0.25) is 0 Å². The van der Waals surface area contributed by atoms with Crippen molar-refractivity contribution in [3.63, 3.8) is 0 Å². The van der Waals surface area contributed by atoms with Gasteiger partial charge in [0.15, 0.2) is 11.6 Å². The minimum atomic E-state index is -0.289. The number of hydrogen-bond donors (Lipinski definition) is 2. The summed E-state index contributed by atoms with van der Waals surface area (Å²) >= 11 is 0. The van der Waals surface area contributed by atoms with Crippen LogP contribution < -0.4 is 16.0 Å². The maximum Gasteiger partial charge on any atom is 0.291 e. The van der Waals surface area contributed by atoms with Gasteiger partial charge in [-0.15, -0.1) is 0 Å². The first-order chi connectivity index (χ1) is 10.3. The van der Waals surface area contributed by atoms with Gasteiger partial charge in [-0.2, -0.15) is 0 Å². The molecule has 0 aromatic carbocycles. The van der Waals surface area contributed by atoms with Crippen LogP contribution in [-0.2, 0) is 6.54 Å². The van der Waals surface area contributed by atoms with E-state index in [2.05, 4.69) is 15.2 Å². The van der Waals surface area contributed by atoms with Crippen molar-refractivity contribution in [1.29, 1.82) is 0 Å². The van der Waals surface area contributed by atoms with Gasteiger partial charge < -0.3 is 20.4 Å². The van der Waals surface area contributed by atoms with Crippen LogP contribution in [0.25, 0.3) is 0 Å². The molecule has 6 nitrogen and oxygen atoms in total. The highest BCUT2D eigenvalue weighted by Gasteiger charge is 2.19. The lowest BCUT2D eigenvalue weighted by Crippen LogP contribution is -2.22. The van der Waals surface area contributed by atoms with E-state index in [1.165, 1.54) is 0 Å². The number of carbonyl (C=O) groups is 1. The fourth-order valence-corrected chi connectivity index (χ4v) is 2.47. The molecule has 6 heteroatoms. The van der Waals surface area contributed by atoms with Gasteiger partial charge in [0.05, 0.1) is 12.2 Å². The summed E-state index contributed by atoms with van der Waals surface area (Å²) < 4.78 is 5.36. The van der Waals surface area contributed by atoms with Crippen molar-refractivity contribution in [1.82, 2.24) is 4.98 Å². The van der Waals surface area contributed by atoms with Crippen LogP contribution in [0, 0.1) is 0 Å². The monoisotopic (exact) mass is 286 g/mol. The van der Waals surface area contributed by atoms with Crippen LogP contribution in [0.15, 0.2) is 34.9 Å². The Labute approximate surface area is 122 Å². The standard InChI is InChI=1S/C15H18N4O2/c16-10-11-5-6-13(21-11)15(20)18-12-4-3-7-17-14(12)19-8-1-2-9-19/h3-7H,1-2,8-10,16H2,(H,18,20). The third kappa shape index (κ3) is 2.90. The summed E-state index contributed by atoms with van der Waals surface area (Å²) in [5.74, 6) is 1.37. The Morgan fingerprint density at radius 1 is 1.33 bits per heavy atom. The number of nitrogens with zero attached hydrogens (tertiary/aromatic N) is 2. The second-order valence-electron chi connectivity index (χ2n) is 4.99. The molecule has 0 bridgehead atoms. The summed E-state index contributed by atoms with van der Waals surface area (Å²) in [6, 6.07) is 7.00. The molecule has 2 aromatic heterocycles. The summed E-state index contributed by atoms with van der Waals surface area (Å²) in [6.45, 7) is 2.22. The number of pyridine rings is 1. The molecule has 110 valence electrons. The fraction of sp³-hybridized carbons (Fsp3) is 0.333. The molecule has 0 radical (unpaired) electrons. The molecule has 3 heterocycles. The van der Waals surface area contributed by atoms with Crippen molar-refractivity contribution < 1.29 is 9.21 Å². The van der Waals surface area contributed by atoms with Crippen molar-refractivity contribution in [3.8, 4) is 0 Å². The Morgan fingerprint density at radius 3 is 2.86 bits per heavy atom. The van der Waals surface area contributed by atoms with Crippen LogP contribution in [0.5, 0.6) is 0 Å². The zero-order valence-corrected chi connectivity index (χ0v) is 11.7. The number of anilines is 2. The molecule has 1 saturated heterocycles. The quantitative estimate of drug-likeness (QED) is 0.898. The average Bonchev–Trinajstić information content (AvgIpc) is 3.19. The second kappa shape index (κ2) is 5.97. The van der Waals surface area contributed by atoms with Crippen molar-refractivity contribution in [3.05, 3.63) is 42.0 Å². The van der Waals surface area contributed by atoms with Gasteiger partial charge in [-0.3, -0.25) is 4.79 Å². The summed E-state index contributed by atoms with van der Waals surface area (Å²) in [5, 5.41) is 2.86. The Hall–Kier alpha value is -2.34. The average molecular weight is 286 g/mol. The third-order valence-electron chi connectivity index (χ3n) is 3.53. The van der Waals surface area contributed by atoms with Gasteiger partial charge >= 0.3 is 0 Å². The highest BCUT2D eigenvalue weighted by molar-refractivity contribution is 6.03. The van der Waals surface area contributed by atoms with E-state index in [9.17, 15) is 4.79 Å². The number of furan rings is 1. The zero-order valence-electron chi connectivity index (χ0n) is 11.7. The predicted molar refractivity (Wildman–Crippen MR) is 80.2 cm³/mol. The molecule has 1 aliphatic rings. The van der Waals surface area contributed by atoms with Crippen molar-refractivity contribution in [2.24, 2.45) is 5.73 Å². The SMILES string of the molecule is NCc1ccc(C(=O)Nc2cccnc2N2CCCC2)o1. The smallest absolute Gasteiger partial charge is 0.291 e. The van der Waals surface area contributed by atoms with Gasteiger partial charge in [0.1, 0.15) is 5.76 Å². The van der Waals surface area contributed by atoms with Gasteiger partial charge in [0, 0.05) is 19.3 Å². The molecule has 0 saturated carbocycles. The van der Waals surface area contributed by atoms with Gasteiger partial charge in [-0.1, -0.05) is 0 Å². The molecule has 2 aromatic rings. The van der Waals surface area contributed by atoms with Crippen LogP contribution in [0.1, 0.15) is 29.2 Å². The lowest BCUT2D eigenvalue weighted by atomic mass is 10.3. The summed E-state index contributed by atoms with van der Waals surface area (Å²) in [4.78, 5) is 18.8. The molecule has 1 fully saturated rings. The minimum absolute atomic E-state index is 0.256.